The van der Waals surface area contributed by atoms with Crippen LogP contribution in [-0.4, -0.2) is 36.5 Å². The second kappa shape index (κ2) is 12.2. The van der Waals surface area contributed by atoms with Gasteiger partial charge >= 0.3 is 0 Å². The number of carbonyl (C=O) groups is 1. The molecule has 0 radical (unpaired) electrons. The Kier molecular flexibility index (Phi) is 8.50. The standard InChI is InChI=1S/C31H32Cl2N2O2/c32-28-8-2-1-7-24(28)21-35(25-15-16-25)31(36)27-20-34-18-17-26(27)23-13-11-22(12-14-23)6-5-19-37-30-10-4-3-9-29(30)33/h1-4,7-14,25,34H,5-6,15-21H2. The smallest absolute Gasteiger partial charge is 0.251 e. The summed E-state index contributed by atoms with van der Waals surface area (Å²) in [6.07, 6.45) is 4.78. The van der Waals surface area contributed by atoms with E-state index in [4.69, 9.17) is 27.9 Å². The molecule has 3 aromatic rings. The monoisotopic (exact) mass is 534 g/mol. The summed E-state index contributed by atoms with van der Waals surface area (Å²) in [7, 11) is 0. The Morgan fingerprint density at radius 1 is 0.946 bits per heavy atom. The van der Waals surface area contributed by atoms with Crippen molar-refractivity contribution in [2.75, 3.05) is 19.7 Å². The Labute approximate surface area is 229 Å². The lowest BCUT2D eigenvalue weighted by molar-refractivity contribution is -0.128. The van der Waals surface area contributed by atoms with Gasteiger partial charge in [-0.15, -0.1) is 0 Å². The third kappa shape index (κ3) is 6.56. The topological polar surface area (TPSA) is 41.6 Å². The van der Waals surface area contributed by atoms with E-state index in [1.165, 1.54) is 5.56 Å². The lowest BCUT2D eigenvalue weighted by Gasteiger charge is -2.28. The van der Waals surface area contributed by atoms with Crippen molar-refractivity contribution in [3.05, 3.63) is 105 Å². The zero-order valence-corrected chi connectivity index (χ0v) is 22.4. The first-order valence-electron chi connectivity index (χ1n) is 13.0. The van der Waals surface area contributed by atoms with Crippen LogP contribution in [0.15, 0.2) is 78.4 Å². The lowest BCUT2D eigenvalue weighted by atomic mass is 9.92. The summed E-state index contributed by atoms with van der Waals surface area (Å²) < 4.78 is 5.82. The molecule has 1 aliphatic carbocycles. The predicted molar refractivity (Wildman–Crippen MR) is 151 cm³/mol. The quantitative estimate of drug-likeness (QED) is 0.286. The number of rotatable bonds is 10. The van der Waals surface area contributed by atoms with Crippen molar-refractivity contribution < 1.29 is 9.53 Å². The van der Waals surface area contributed by atoms with Gasteiger partial charge in [-0.1, -0.05) is 77.8 Å². The number of aryl methyl sites for hydroxylation is 1. The van der Waals surface area contributed by atoms with Crippen LogP contribution in [0.4, 0.5) is 0 Å². The van der Waals surface area contributed by atoms with Gasteiger partial charge in [-0.2, -0.15) is 0 Å². The van der Waals surface area contributed by atoms with Crippen LogP contribution in [0.1, 0.15) is 42.4 Å². The van der Waals surface area contributed by atoms with E-state index >= 15 is 0 Å². The Bertz CT molecular complexity index is 1270. The number of nitrogens with zero attached hydrogens (tertiary/aromatic N) is 1. The highest BCUT2D eigenvalue weighted by Crippen LogP contribution is 2.34. The Morgan fingerprint density at radius 3 is 2.41 bits per heavy atom. The Morgan fingerprint density at radius 2 is 1.68 bits per heavy atom. The number of benzene rings is 3. The molecular formula is C31H32Cl2N2O2. The molecule has 0 atom stereocenters. The second-order valence-electron chi connectivity index (χ2n) is 9.72. The number of carbonyl (C=O) groups excluding carboxylic acids is 1. The van der Waals surface area contributed by atoms with Crippen LogP contribution in [0, 0.1) is 0 Å². The molecule has 1 heterocycles. The van der Waals surface area contributed by atoms with E-state index in [1.54, 1.807) is 0 Å². The van der Waals surface area contributed by atoms with E-state index in [0.29, 0.717) is 35.8 Å². The van der Waals surface area contributed by atoms with Crippen LogP contribution in [0.5, 0.6) is 5.75 Å². The molecule has 2 aliphatic rings. The molecule has 0 bridgehead atoms. The van der Waals surface area contributed by atoms with Crippen LogP contribution in [-0.2, 0) is 17.8 Å². The van der Waals surface area contributed by atoms with Gasteiger partial charge in [0.05, 0.1) is 11.6 Å². The molecule has 192 valence electrons. The normalized spacial score (nSPS) is 15.5. The molecule has 0 unspecified atom stereocenters. The zero-order valence-electron chi connectivity index (χ0n) is 20.9. The second-order valence-corrected chi connectivity index (χ2v) is 10.5. The maximum atomic E-state index is 13.8. The summed E-state index contributed by atoms with van der Waals surface area (Å²) in [6, 6.07) is 24.3. The van der Waals surface area contributed by atoms with Crippen molar-refractivity contribution >= 4 is 34.7 Å². The molecule has 1 N–H and O–H groups in total. The van der Waals surface area contributed by atoms with E-state index in [0.717, 1.165) is 66.7 Å². The molecular weight excluding hydrogens is 503 g/mol. The summed E-state index contributed by atoms with van der Waals surface area (Å²) >= 11 is 12.6. The molecule has 5 rings (SSSR count). The van der Waals surface area contributed by atoms with Crippen molar-refractivity contribution in [2.24, 2.45) is 0 Å². The number of nitrogens with one attached hydrogen (secondary N) is 1. The molecule has 4 nitrogen and oxygen atoms in total. The molecule has 37 heavy (non-hydrogen) atoms. The van der Waals surface area contributed by atoms with Crippen molar-refractivity contribution in [2.45, 2.75) is 44.7 Å². The molecule has 3 aromatic carbocycles. The lowest BCUT2D eigenvalue weighted by Crippen LogP contribution is -2.39. The average Bonchev–Trinajstić information content (AvgIpc) is 3.77. The number of hydrogen-bond acceptors (Lipinski definition) is 3. The molecule has 1 saturated carbocycles. The van der Waals surface area contributed by atoms with Gasteiger partial charge in [0, 0.05) is 29.7 Å². The van der Waals surface area contributed by atoms with Gasteiger partial charge in [0.2, 0.25) is 0 Å². The molecule has 0 saturated heterocycles. The fourth-order valence-electron chi connectivity index (χ4n) is 4.84. The Hall–Kier alpha value is -2.79. The number of halogens is 2. The number of hydrogen-bond donors (Lipinski definition) is 1. The fourth-order valence-corrected chi connectivity index (χ4v) is 5.22. The molecule has 0 aromatic heterocycles. The van der Waals surface area contributed by atoms with Gasteiger partial charge in [0.15, 0.2) is 0 Å². The molecule has 1 aliphatic heterocycles. The predicted octanol–water partition coefficient (Wildman–Crippen LogP) is 6.94. The minimum atomic E-state index is 0.130. The number of ether oxygens (including phenoxy) is 1. The number of amides is 1. The first-order valence-corrected chi connectivity index (χ1v) is 13.8. The first-order chi connectivity index (χ1) is 18.1. The van der Waals surface area contributed by atoms with Gasteiger partial charge in [0.1, 0.15) is 5.75 Å². The van der Waals surface area contributed by atoms with Crippen molar-refractivity contribution in [1.29, 1.82) is 0 Å². The average molecular weight is 536 g/mol. The van der Waals surface area contributed by atoms with Crippen LogP contribution in [0.25, 0.3) is 5.57 Å². The Balaban J connectivity index is 1.26. The first kappa shape index (κ1) is 25.8. The third-order valence-electron chi connectivity index (χ3n) is 7.03. The number of para-hydroxylation sites is 1. The van der Waals surface area contributed by atoms with E-state index in [1.807, 2.05) is 53.4 Å². The van der Waals surface area contributed by atoms with Gasteiger partial charge < -0.3 is 15.0 Å². The van der Waals surface area contributed by atoms with E-state index in [-0.39, 0.29) is 5.91 Å². The highest BCUT2D eigenvalue weighted by Gasteiger charge is 2.35. The summed E-state index contributed by atoms with van der Waals surface area (Å²) in [5.41, 5.74) is 5.42. The zero-order chi connectivity index (χ0) is 25.6. The largest absolute Gasteiger partial charge is 0.492 e. The fraction of sp³-hybridized carbons (Fsp3) is 0.323. The minimum Gasteiger partial charge on any atom is -0.492 e. The van der Waals surface area contributed by atoms with Gasteiger partial charge in [-0.3, -0.25) is 4.79 Å². The highest BCUT2D eigenvalue weighted by atomic mass is 35.5. The summed E-state index contributed by atoms with van der Waals surface area (Å²) in [5, 5.41) is 4.76. The van der Waals surface area contributed by atoms with Crippen LogP contribution in [0.2, 0.25) is 10.0 Å². The summed E-state index contributed by atoms with van der Waals surface area (Å²) in [6.45, 7) is 2.64. The summed E-state index contributed by atoms with van der Waals surface area (Å²) in [4.78, 5) is 15.8. The SMILES string of the molecule is O=C(C1=C(c2ccc(CCCOc3ccccc3Cl)cc2)CCNC1)N(Cc1ccccc1Cl)C1CC1. The van der Waals surface area contributed by atoms with Crippen molar-refractivity contribution in [3.8, 4) is 5.75 Å². The van der Waals surface area contributed by atoms with E-state index < -0.39 is 0 Å². The van der Waals surface area contributed by atoms with Crippen LogP contribution in [0.3, 0.4) is 0 Å². The van der Waals surface area contributed by atoms with Gasteiger partial charge in [0.25, 0.3) is 5.91 Å². The van der Waals surface area contributed by atoms with E-state index in [2.05, 4.69) is 29.6 Å². The van der Waals surface area contributed by atoms with E-state index in [9.17, 15) is 4.79 Å². The summed E-state index contributed by atoms with van der Waals surface area (Å²) in [5.74, 6) is 0.856. The highest BCUT2D eigenvalue weighted by molar-refractivity contribution is 6.32. The molecule has 6 heteroatoms. The van der Waals surface area contributed by atoms with Crippen LogP contribution < -0.4 is 10.1 Å². The molecule has 1 fully saturated rings. The maximum absolute atomic E-state index is 13.8. The minimum absolute atomic E-state index is 0.130. The van der Waals surface area contributed by atoms with Gasteiger partial charge in [-0.25, -0.2) is 0 Å². The molecule has 0 spiro atoms. The van der Waals surface area contributed by atoms with Crippen molar-refractivity contribution in [1.82, 2.24) is 10.2 Å². The van der Waals surface area contributed by atoms with Crippen molar-refractivity contribution in [3.63, 3.8) is 0 Å². The maximum Gasteiger partial charge on any atom is 0.251 e. The third-order valence-corrected chi connectivity index (χ3v) is 7.71. The molecule has 1 amide bonds. The van der Waals surface area contributed by atoms with Gasteiger partial charge in [-0.05, 0) is 79.1 Å². The van der Waals surface area contributed by atoms with Crippen LogP contribution >= 0.6 is 23.2 Å².